The number of benzene rings is 1. The molecule has 0 aliphatic carbocycles. The van der Waals surface area contributed by atoms with Crippen LogP contribution in [0.15, 0.2) is 44.2 Å². The molecule has 0 spiro atoms. The molecule has 0 saturated heterocycles. The molecule has 3 aromatic rings. The van der Waals surface area contributed by atoms with Crippen molar-refractivity contribution in [1.82, 2.24) is 4.57 Å². The van der Waals surface area contributed by atoms with Crippen molar-refractivity contribution in [3.8, 4) is 0 Å². The molecule has 1 aromatic carbocycles. The Hall–Kier alpha value is -1.33. The molecule has 5 heteroatoms. The fraction of sp³-hybridized carbons (Fsp3) is 0.214. The molecule has 1 unspecified atom stereocenters. The second kappa shape index (κ2) is 4.98. The van der Waals surface area contributed by atoms with E-state index in [2.05, 4.69) is 32.8 Å². The van der Waals surface area contributed by atoms with Gasteiger partial charge in [0.25, 0.3) is 0 Å². The lowest BCUT2D eigenvalue weighted by Crippen LogP contribution is -2.11. The summed E-state index contributed by atoms with van der Waals surface area (Å²) < 4.78 is 6.92. The van der Waals surface area contributed by atoms with Gasteiger partial charge in [0.05, 0.1) is 10.3 Å². The molecule has 0 amide bonds. The van der Waals surface area contributed by atoms with Gasteiger partial charge in [-0.15, -0.1) is 0 Å². The first-order valence-electron chi connectivity index (χ1n) is 6.00. The Morgan fingerprint density at radius 2 is 2.21 bits per heavy atom. The SMILES string of the molecule is CCn1c(=O)oc2cc(C(Br)c3ccsc3)ccc21. The fourth-order valence-corrected chi connectivity index (χ4v) is 3.58. The molecule has 3 nitrogen and oxygen atoms in total. The molecule has 1 atom stereocenters. The van der Waals surface area contributed by atoms with Crippen LogP contribution in [0.25, 0.3) is 11.1 Å². The summed E-state index contributed by atoms with van der Waals surface area (Å²) in [6, 6.07) is 7.99. The summed E-state index contributed by atoms with van der Waals surface area (Å²) in [5.74, 6) is -0.295. The van der Waals surface area contributed by atoms with Gasteiger partial charge in [0.1, 0.15) is 0 Å². The van der Waals surface area contributed by atoms with Crippen LogP contribution in [-0.2, 0) is 6.54 Å². The van der Waals surface area contributed by atoms with E-state index in [0.717, 1.165) is 11.1 Å². The van der Waals surface area contributed by atoms with Gasteiger partial charge in [-0.2, -0.15) is 11.3 Å². The molecule has 0 fully saturated rings. The zero-order valence-electron chi connectivity index (χ0n) is 10.3. The number of thiophene rings is 1. The number of alkyl halides is 1. The van der Waals surface area contributed by atoms with Gasteiger partial charge >= 0.3 is 5.76 Å². The highest BCUT2D eigenvalue weighted by molar-refractivity contribution is 9.09. The number of oxazole rings is 1. The summed E-state index contributed by atoms with van der Waals surface area (Å²) in [6.07, 6.45) is 0. The van der Waals surface area contributed by atoms with Crippen LogP contribution in [-0.4, -0.2) is 4.57 Å². The van der Waals surface area contributed by atoms with Gasteiger partial charge in [-0.3, -0.25) is 4.57 Å². The first-order chi connectivity index (χ1) is 9.20. The van der Waals surface area contributed by atoms with E-state index in [1.807, 2.05) is 25.1 Å². The van der Waals surface area contributed by atoms with Gasteiger partial charge in [0.2, 0.25) is 0 Å². The van der Waals surface area contributed by atoms with Crippen molar-refractivity contribution in [2.24, 2.45) is 0 Å². The lowest BCUT2D eigenvalue weighted by atomic mass is 10.1. The first kappa shape index (κ1) is 12.7. The molecule has 0 bridgehead atoms. The molecule has 0 aliphatic heterocycles. The maximum Gasteiger partial charge on any atom is 0.419 e. The normalized spacial score (nSPS) is 12.9. The summed E-state index contributed by atoms with van der Waals surface area (Å²) in [5, 5.41) is 4.16. The summed E-state index contributed by atoms with van der Waals surface area (Å²) in [4.78, 5) is 11.8. The van der Waals surface area contributed by atoms with Crippen molar-refractivity contribution in [2.75, 3.05) is 0 Å². The van der Waals surface area contributed by atoms with Crippen LogP contribution in [0.2, 0.25) is 0 Å². The summed E-state index contributed by atoms with van der Waals surface area (Å²) in [7, 11) is 0. The van der Waals surface area contributed by atoms with Crippen molar-refractivity contribution >= 4 is 38.4 Å². The average Bonchev–Trinajstić information content (AvgIpc) is 3.03. The lowest BCUT2D eigenvalue weighted by molar-refractivity contribution is 0.513. The molecule has 3 rings (SSSR count). The molecule has 0 saturated carbocycles. The van der Waals surface area contributed by atoms with Crippen LogP contribution >= 0.6 is 27.3 Å². The van der Waals surface area contributed by atoms with E-state index in [4.69, 9.17) is 4.42 Å². The lowest BCUT2D eigenvalue weighted by Gasteiger charge is -2.08. The van der Waals surface area contributed by atoms with E-state index < -0.39 is 0 Å². The number of rotatable bonds is 3. The second-order valence-corrected chi connectivity index (χ2v) is 5.95. The third-order valence-corrected chi connectivity index (χ3v) is 4.90. The summed E-state index contributed by atoms with van der Waals surface area (Å²) in [5.41, 5.74) is 3.79. The zero-order chi connectivity index (χ0) is 13.4. The number of aromatic nitrogens is 1. The Labute approximate surface area is 122 Å². The van der Waals surface area contributed by atoms with Crippen molar-refractivity contribution in [1.29, 1.82) is 0 Å². The van der Waals surface area contributed by atoms with Gasteiger partial charge in [-0.25, -0.2) is 4.79 Å². The van der Waals surface area contributed by atoms with E-state index in [9.17, 15) is 4.79 Å². The van der Waals surface area contributed by atoms with Gasteiger partial charge in [-0.1, -0.05) is 22.0 Å². The monoisotopic (exact) mass is 337 g/mol. The van der Waals surface area contributed by atoms with Crippen molar-refractivity contribution in [3.05, 3.63) is 56.7 Å². The fourth-order valence-electron chi connectivity index (χ4n) is 2.15. The van der Waals surface area contributed by atoms with Gasteiger partial charge in [0.15, 0.2) is 5.58 Å². The first-order valence-corrected chi connectivity index (χ1v) is 7.86. The Morgan fingerprint density at radius 1 is 1.37 bits per heavy atom. The molecule has 19 heavy (non-hydrogen) atoms. The Balaban J connectivity index is 2.10. The zero-order valence-corrected chi connectivity index (χ0v) is 12.7. The maximum absolute atomic E-state index is 11.7. The Kier molecular flexibility index (Phi) is 3.33. The largest absolute Gasteiger partial charge is 0.419 e. The minimum absolute atomic E-state index is 0.124. The van der Waals surface area contributed by atoms with Gasteiger partial charge < -0.3 is 4.42 Å². The van der Waals surface area contributed by atoms with Crippen LogP contribution in [0.3, 0.4) is 0 Å². The van der Waals surface area contributed by atoms with Crippen LogP contribution in [0, 0.1) is 0 Å². The van der Waals surface area contributed by atoms with E-state index in [1.165, 1.54) is 5.56 Å². The average molecular weight is 338 g/mol. The highest BCUT2D eigenvalue weighted by Crippen LogP contribution is 2.33. The van der Waals surface area contributed by atoms with Crippen LogP contribution in [0.4, 0.5) is 0 Å². The molecule has 2 aromatic heterocycles. The van der Waals surface area contributed by atoms with Crippen molar-refractivity contribution in [2.45, 2.75) is 18.3 Å². The van der Waals surface area contributed by atoms with E-state index in [0.29, 0.717) is 12.1 Å². The quantitative estimate of drug-likeness (QED) is 0.672. The summed E-state index contributed by atoms with van der Waals surface area (Å²) in [6.45, 7) is 2.55. The minimum atomic E-state index is -0.295. The van der Waals surface area contributed by atoms with E-state index in [-0.39, 0.29) is 10.6 Å². The maximum atomic E-state index is 11.7. The molecular weight excluding hydrogens is 326 g/mol. The summed E-state index contributed by atoms with van der Waals surface area (Å²) >= 11 is 5.35. The number of hydrogen-bond donors (Lipinski definition) is 0. The van der Waals surface area contributed by atoms with E-state index >= 15 is 0 Å². The number of hydrogen-bond acceptors (Lipinski definition) is 3. The molecule has 0 aliphatic rings. The molecule has 98 valence electrons. The van der Waals surface area contributed by atoms with Crippen LogP contribution in [0.5, 0.6) is 0 Å². The molecule has 0 N–H and O–H groups in total. The number of nitrogens with zero attached hydrogens (tertiary/aromatic N) is 1. The number of fused-ring (bicyclic) bond motifs is 1. The number of aryl methyl sites for hydroxylation is 1. The van der Waals surface area contributed by atoms with Crippen LogP contribution < -0.4 is 5.76 Å². The van der Waals surface area contributed by atoms with Gasteiger partial charge in [0, 0.05) is 6.54 Å². The Morgan fingerprint density at radius 3 is 2.89 bits per heavy atom. The Bertz CT molecular complexity index is 757. The highest BCUT2D eigenvalue weighted by atomic mass is 79.9. The predicted octanol–water partition coefficient (Wildman–Crippen LogP) is 4.16. The minimum Gasteiger partial charge on any atom is -0.408 e. The molecule has 2 heterocycles. The third kappa shape index (κ3) is 2.17. The van der Waals surface area contributed by atoms with Crippen molar-refractivity contribution < 1.29 is 4.42 Å². The smallest absolute Gasteiger partial charge is 0.408 e. The number of halogens is 1. The predicted molar refractivity (Wildman–Crippen MR) is 81.2 cm³/mol. The standard InChI is InChI=1S/C14H12BrNO2S/c1-2-16-11-4-3-9(7-12(11)18-14(16)17)13(15)10-5-6-19-8-10/h3-8,13H,2H2,1H3. The topological polar surface area (TPSA) is 35.1 Å². The molecule has 0 radical (unpaired) electrons. The molecular formula is C14H12BrNO2S. The van der Waals surface area contributed by atoms with E-state index in [1.54, 1.807) is 15.9 Å². The highest BCUT2D eigenvalue weighted by Gasteiger charge is 2.14. The van der Waals surface area contributed by atoms with Gasteiger partial charge in [-0.05, 0) is 47.0 Å². The third-order valence-electron chi connectivity index (χ3n) is 3.14. The van der Waals surface area contributed by atoms with Crippen molar-refractivity contribution in [3.63, 3.8) is 0 Å². The van der Waals surface area contributed by atoms with Crippen LogP contribution in [0.1, 0.15) is 22.9 Å². The second-order valence-electron chi connectivity index (χ2n) is 4.26.